The van der Waals surface area contributed by atoms with Gasteiger partial charge in [-0.05, 0) is 71.6 Å². The molecule has 0 unspecified atom stereocenters. The van der Waals surface area contributed by atoms with E-state index in [1.165, 1.54) is 59.9 Å². The smallest absolute Gasteiger partial charge is 0.116 e. The topological polar surface area (TPSA) is 20.2 Å². The van der Waals surface area contributed by atoms with Crippen LogP contribution in [0.5, 0.6) is 5.75 Å². The Balaban J connectivity index is 1.76. The second kappa shape index (κ2) is 8.43. The lowest BCUT2D eigenvalue weighted by atomic mass is 9.77. The van der Waals surface area contributed by atoms with Crippen LogP contribution in [0.2, 0.25) is 0 Å². The normalized spacial score (nSPS) is 15.0. The largest absolute Gasteiger partial charge is 0.508 e. The van der Waals surface area contributed by atoms with Crippen LogP contribution in [0.25, 0.3) is 0 Å². The number of rotatable bonds is 5. The first-order valence-corrected chi connectivity index (χ1v) is 10.2. The minimum atomic E-state index is 0.395. The molecule has 0 aromatic heterocycles. The van der Waals surface area contributed by atoms with E-state index in [0.29, 0.717) is 11.7 Å². The maximum atomic E-state index is 10.5. The van der Waals surface area contributed by atoms with Crippen molar-refractivity contribution >= 4 is 0 Å². The molecule has 1 N–H and O–H groups in total. The molecular weight excluding hydrogens is 328 g/mol. The average Bonchev–Trinajstić information content (AvgIpc) is 2.70. The van der Waals surface area contributed by atoms with E-state index in [0.717, 1.165) is 12.8 Å². The van der Waals surface area contributed by atoms with Crippen molar-refractivity contribution in [3.8, 4) is 5.75 Å². The van der Waals surface area contributed by atoms with Crippen LogP contribution >= 0.6 is 0 Å². The fraction of sp³-hybridized carbons (Fsp3) is 0.308. The second-order valence-corrected chi connectivity index (χ2v) is 7.84. The Kier molecular flexibility index (Phi) is 5.58. The highest BCUT2D eigenvalue weighted by molar-refractivity contribution is 5.48. The van der Waals surface area contributed by atoms with E-state index in [1.807, 2.05) is 12.1 Å². The fourth-order valence-corrected chi connectivity index (χ4v) is 4.60. The zero-order valence-electron chi connectivity index (χ0n) is 15.9. The highest BCUT2D eigenvalue weighted by atomic mass is 16.3. The van der Waals surface area contributed by atoms with E-state index in [2.05, 4.69) is 60.7 Å². The zero-order valence-corrected chi connectivity index (χ0v) is 15.9. The van der Waals surface area contributed by atoms with Gasteiger partial charge in [-0.15, -0.1) is 0 Å². The molecule has 0 atom stereocenters. The fourth-order valence-electron chi connectivity index (χ4n) is 4.60. The van der Waals surface area contributed by atoms with E-state index in [1.54, 1.807) is 0 Å². The van der Waals surface area contributed by atoms with Crippen LogP contribution in [0.1, 0.15) is 65.8 Å². The summed E-state index contributed by atoms with van der Waals surface area (Å²) in [5.74, 6) is 1.02. The summed E-state index contributed by atoms with van der Waals surface area (Å²) in [7, 11) is 0. The molecule has 0 bridgehead atoms. The molecule has 0 aliphatic heterocycles. The molecule has 1 aliphatic carbocycles. The van der Waals surface area contributed by atoms with Gasteiger partial charge in [-0.3, -0.25) is 0 Å². The van der Waals surface area contributed by atoms with Gasteiger partial charge < -0.3 is 5.11 Å². The van der Waals surface area contributed by atoms with Crippen LogP contribution in [0, 0.1) is 0 Å². The van der Waals surface area contributed by atoms with Gasteiger partial charge >= 0.3 is 0 Å². The summed E-state index contributed by atoms with van der Waals surface area (Å²) in [4.78, 5) is 0. The summed E-state index contributed by atoms with van der Waals surface area (Å²) in [6.45, 7) is 0. The number of aromatic hydroxyl groups is 1. The maximum absolute atomic E-state index is 10.5. The van der Waals surface area contributed by atoms with Crippen LogP contribution in [0.3, 0.4) is 0 Å². The zero-order chi connectivity index (χ0) is 18.5. The average molecular weight is 357 g/mol. The first-order chi connectivity index (χ1) is 13.3. The molecule has 0 heterocycles. The van der Waals surface area contributed by atoms with Gasteiger partial charge in [0, 0.05) is 0 Å². The highest BCUT2D eigenvalue weighted by Crippen LogP contribution is 2.39. The molecule has 3 aromatic carbocycles. The summed E-state index contributed by atoms with van der Waals surface area (Å²) in [5.41, 5.74) is 6.73. The summed E-state index contributed by atoms with van der Waals surface area (Å²) >= 11 is 0. The van der Waals surface area contributed by atoms with Crippen molar-refractivity contribution in [2.45, 2.75) is 50.9 Å². The Morgan fingerprint density at radius 2 is 1.15 bits per heavy atom. The number of phenolic OH excluding ortho intramolecular Hbond substituents is 1. The molecule has 3 aromatic rings. The van der Waals surface area contributed by atoms with Gasteiger partial charge in [0.1, 0.15) is 5.75 Å². The molecule has 1 nitrogen and oxygen atoms in total. The third-order valence-corrected chi connectivity index (χ3v) is 5.82. The minimum Gasteiger partial charge on any atom is -0.508 e. The molecule has 0 amide bonds. The third kappa shape index (κ3) is 4.42. The number of hydrogen-bond acceptors (Lipinski definition) is 1. The number of hydrogen-bond donors (Lipinski definition) is 1. The van der Waals surface area contributed by atoms with Crippen molar-refractivity contribution in [2.75, 3.05) is 0 Å². The van der Waals surface area contributed by atoms with Gasteiger partial charge in [-0.25, -0.2) is 0 Å². The van der Waals surface area contributed by atoms with Crippen LogP contribution in [-0.2, 0) is 12.8 Å². The van der Waals surface area contributed by atoms with Crippen molar-refractivity contribution in [1.29, 1.82) is 0 Å². The summed E-state index contributed by atoms with van der Waals surface area (Å²) in [6.07, 6.45) is 8.33. The van der Waals surface area contributed by atoms with Gasteiger partial charge in [-0.2, -0.15) is 0 Å². The molecule has 0 spiro atoms. The Bertz CT molecular complexity index is 799. The molecule has 27 heavy (non-hydrogen) atoms. The molecule has 1 saturated carbocycles. The van der Waals surface area contributed by atoms with E-state index in [4.69, 9.17) is 0 Å². The Morgan fingerprint density at radius 1 is 0.667 bits per heavy atom. The molecule has 4 rings (SSSR count). The predicted molar refractivity (Wildman–Crippen MR) is 112 cm³/mol. The monoisotopic (exact) mass is 356 g/mol. The van der Waals surface area contributed by atoms with Gasteiger partial charge in [0.05, 0.1) is 0 Å². The highest BCUT2D eigenvalue weighted by Gasteiger charge is 2.22. The second-order valence-electron chi connectivity index (χ2n) is 7.84. The minimum absolute atomic E-state index is 0.395. The van der Waals surface area contributed by atoms with E-state index >= 15 is 0 Å². The molecule has 1 aliphatic rings. The van der Waals surface area contributed by atoms with Crippen LogP contribution in [0.4, 0.5) is 0 Å². The van der Waals surface area contributed by atoms with Crippen LogP contribution in [-0.4, -0.2) is 5.11 Å². The Hall–Kier alpha value is -2.54. The SMILES string of the molecule is Oc1cc(Cc2ccccc2)c(C2CCCCC2)c(Cc2ccccc2)c1. The Morgan fingerprint density at radius 3 is 1.63 bits per heavy atom. The number of phenols is 1. The van der Waals surface area contributed by atoms with Gasteiger partial charge in [-0.1, -0.05) is 79.9 Å². The lowest BCUT2D eigenvalue weighted by Gasteiger charge is -2.27. The van der Waals surface area contributed by atoms with E-state index in [-0.39, 0.29) is 0 Å². The lowest BCUT2D eigenvalue weighted by molar-refractivity contribution is 0.437. The first-order valence-electron chi connectivity index (χ1n) is 10.2. The summed E-state index contributed by atoms with van der Waals surface area (Å²) in [6, 6.07) is 25.3. The molecular formula is C26H28O. The first kappa shape index (κ1) is 17.9. The molecule has 138 valence electrons. The van der Waals surface area contributed by atoms with Crippen LogP contribution in [0.15, 0.2) is 72.8 Å². The summed E-state index contributed by atoms with van der Waals surface area (Å²) in [5, 5.41) is 10.5. The molecule has 0 radical (unpaired) electrons. The van der Waals surface area contributed by atoms with Crippen molar-refractivity contribution < 1.29 is 5.11 Å². The standard InChI is InChI=1S/C26H28O/c27-25-18-23(16-20-10-4-1-5-11-20)26(22-14-8-3-9-15-22)24(19-25)17-21-12-6-2-7-13-21/h1-2,4-7,10-13,18-19,22,27H,3,8-9,14-17H2. The Labute approximate surface area is 162 Å². The molecule has 0 saturated heterocycles. The molecule has 1 heteroatoms. The number of benzene rings is 3. The van der Waals surface area contributed by atoms with Gasteiger partial charge in [0.25, 0.3) is 0 Å². The van der Waals surface area contributed by atoms with Gasteiger partial charge in [0.15, 0.2) is 0 Å². The molecule has 1 fully saturated rings. The van der Waals surface area contributed by atoms with E-state index < -0.39 is 0 Å². The van der Waals surface area contributed by atoms with Crippen molar-refractivity contribution in [3.05, 3.63) is 101 Å². The van der Waals surface area contributed by atoms with Gasteiger partial charge in [0.2, 0.25) is 0 Å². The lowest BCUT2D eigenvalue weighted by Crippen LogP contribution is -2.11. The van der Waals surface area contributed by atoms with Crippen molar-refractivity contribution in [3.63, 3.8) is 0 Å². The van der Waals surface area contributed by atoms with Crippen molar-refractivity contribution in [1.82, 2.24) is 0 Å². The van der Waals surface area contributed by atoms with Crippen molar-refractivity contribution in [2.24, 2.45) is 0 Å². The maximum Gasteiger partial charge on any atom is 0.116 e. The third-order valence-electron chi connectivity index (χ3n) is 5.82. The predicted octanol–water partition coefficient (Wildman–Crippen LogP) is 6.62. The summed E-state index contributed by atoms with van der Waals surface area (Å²) < 4.78 is 0. The van der Waals surface area contributed by atoms with Crippen LogP contribution < -0.4 is 0 Å². The van der Waals surface area contributed by atoms with E-state index in [9.17, 15) is 5.11 Å². The quantitative estimate of drug-likeness (QED) is 0.544.